The molecule has 1 N–H and O–H groups in total. The molecular formula is C27H29N5O4S. The summed E-state index contributed by atoms with van der Waals surface area (Å²) in [6.07, 6.45) is 1.34. The third kappa shape index (κ3) is 5.20. The van der Waals surface area contributed by atoms with Crippen LogP contribution in [0.25, 0.3) is 0 Å². The Morgan fingerprint density at radius 3 is 2.51 bits per heavy atom. The zero-order valence-corrected chi connectivity index (χ0v) is 21.7. The fourth-order valence-electron chi connectivity index (χ4n) is 4.86. The minimum Gasteiger partial charge on any atom is -0.494 e. The Bertz CT molecular complexity index is 1310. The highest BCUT2D eigenvalue weighted by Crippen LogP contribution is 2.36. The Morgan fingerprint density at radius 2 is 1.76 bits per heavy atom. The van der Waals surface area contributed by atoms with Crippen molar-refractivity contribution in [1.29, 1.82) is 0 Å². The molecule has 2 fully saturated rings. The van der Waals surface area contributed by atoms with Gasteiger partial charge in [-0.1, -0.05) is 36.5 Å². The normalized spacial score (nSPS) is 19.5. The van der Waals surface area contributed by atoms with Crippen molar-refractivity contribution in [2.24, 2.45) is 5.92 Å². The summed E-state index contributed by atoms with van der Waals surface area (Å²) in [6, 6.07) is 15.2. The fourth-order valence-corrected chi connectivity index (χ4v) is 5.70. The lowest BCUT2D eigenvalue weighted by atomic mass is 10.1. The largest absolute Gasteiger partial charge is 0.494 e. The molecule has 192 valence electrons. The van der Waals surface area contributed by atoms with E-state index in [9.17, 15) is 14.4 Å². The summed E-state index contributed by atoms with van der Waals surface area (Å²) in [6.45, 7) is 5.39. The van der Waals surface area contributed by atoms with Crippen molar-refractivity contribution in [3.8, 4) is 5.75 Å². The monoisotopic (exact) mass is 519 g/mol. The zero-order valence-electron chi connectivity index (χ0n) is 20.8. The van der Waals surface area contributed by atoms with Crippen molar-refractivity contribution >= 4 is 45.6 Å². The average molecular weight is 520 g/mol. The van der Waals surface area contributed by atoms with Crippen LogP contribution in [0, 0.1) is 5.92 Å². The molecule has 0 saturated carbocycles. The number of anilines is 3. The number of amides is 3. The Kier molecular flexibility index (Phi) is 7.18. The number of carbonyl (C=O) groups is 3. The molecule has 37 heavy (non-hydrogen) atoms. The first-order valence-electron chi connectivity index (χ1n) is 12.5. The molecule has 2 saturated heterocycles. The predicted octanol–water partition coefficient (Wildman–Crippen LogP) is 4.01. The molecule has 0 aliphatic carbocycles. The third-order valence-electron chi connectivity index (χ3n) is 6.76. The minimum atomic E-state index is -0.486. The van der Waals surface area contributed by atoms with Crippen LogP contribution in [0.15, 0.2) is 48.5 Å². The molecule has 9 nitrogen and oxygen atoms in total. The Morgan fingerprint density at radius 1 is 1.00 bits per heavy atom. The highest BCUT2D eigenvalue weighted by atomic mass is 32.1. The summed E-state index contributed by atoms with van der Waals surface area (Å²) >= 11 is 1.29. The lowest BCUT2D eigenvalue weighted by molar-refractivity contribution is -0.122. The summed E-state index contributed by atoms with van der Waals surface area (Å²) in [7, 11) is 0. The molecule has 2 aliphatic heterocycles. The highest BCUT2D eigenvalue weighted by Gasteiger charge is 2.37. The zero-order chi connectivity index (χ0) is 25.9. The van der Waals surface area contributed by atoms with E-state index >= 15 is 0 Å². The van der Waals surface area contributed by atoms with Crippen molar-refractivity contribution < 1.29 is 19.1 Å². The molecule has 10 heteroatoms. The second-order valence-electron chi connectivity index (χ2n) is 9.15. The van der Waals surface area contributed by atoms with Gasteiger partial charge in [-0.2, -0.15) is 0 Å². The Labute approximate surface area is 219 Å². The van der Waals surface area contributed by atoms with Gasteiger partial charge in [0.1, 0.15) is 10.8 Å². The molecule has 5 rings (SSSR count). The van der Waals surface area contributed by atoms with Crippen LogP contribution in [0.3, 0.4) is 0 Å². The van der Waals surface area contributed by atoms with E-state index in [0.29, 0.717) is 31.2 Å². The van der Waals surface area contributed by atoms with Gasteiger partial charge in [0.15, 0.2) is 0 Å². The molecule has 3 heterocycles. The standard InChI is InChI=1S/C27H29N5O4S/c1-3-17-7-5-6-8-22(17)32-16-19(14-24(32)34)26-29-30-27(37-26)28-25(35)18-13-23(33)31(15-18)20-9-11-21(12-10-20)36-4-2/h5-12,18-19H,3-4,13-16H2,1-2H3,(H,28,30,35). The van der Waals surface area contributed by atoms with Crippen molar-refractivity contribution in [3.63, 3.8) is 0 Å². The van der Waals surface area contributed by atoms with Crippen molar-refractivity contribution in [1.82, 2.24) is 10.2 Å². The Balaban J connectivity index is 1.20. The van der Waals surface area contributed by atoms with Gasteiger partial charge in [-0.15, -0.1) is 10.2 Å². The smallest absolute Gasteiger partial charge is 0.231 e. The summed E-state index contributed by atoms with van der Waals surface area (Å²) in [5.74, 6) is -0.125. The van der Waals surface area contributed by atoms with Gasteiger partial charge < -0.3 is 19.9 Å². The number of rotatable bonds is 8. The van der Waals surface area contributed by atoms with E-state index in [1.807, 2.05) is 60.4 Å². The molecule has 2 unspecified atom stereocenters. The molecule has 3 aromatic rings. The van der Waals surface area contributed by atoms with Gasteiger partial charge in [0.25, 0.3) is 0 Å². The first kappa shape index (κ1) is 24.9. The van der Waals surface area contributed by atoms with Gasteiger partial charge in [-0.3, -0.25) is 14.4 Å². The molecule has 2 atom stereocenters. The van der Waals surface area contributed by atoms with Gasteiger partial charge >= 0.3 is 0 Å². The number of hydrogen-bond donors (Lipinski definition) is 1. The van der Waals surface area contributed by atoms with Gasteiger partial charge in [0, 0.05) is 43.2 Å². The summed E-state index contributed by atoms with van der Waals surface area (Å²) in [5, 5.41) is 12.3. The van der Waals surface area contributed by atoms with E-state index in [1.54, 1.807) is 4.90 Å². The number of nitrogens with zero attached hydrogens (tertiary/aromatic N) is 4. The number of para-hydroxylation sites is 1. The molecule has 3 amide bonds. The number of benzene rings is 2. The highest BCUT2D eigenvalue weighted by molar-refractivity contribution is 7.15. The maximum Gasteiger partial charge on any atom is 0.231 e. The number of nitrogens with one attached hydrogen (secondary N) is 1. The number of carbonyl (C=O) groups excluding carboxylic acids is 3. The van der Waals surface area contributed by atoms with Crippen LogP contribution in [0.2, 0.25) is 0 Å². The first-order chi connectivity index (χ1) is 18.0. The number of hydrogen-bond acceptors (Lipinski definition) is 7. The second-order valence-corrected chi connectivity index (χ2v) is 10.2. The Hall–Kier alpha value is -3.79. The molecular weight excluding hydrogens is 490 g/mol. The van der Waals surface area contributed by atoms with Crippen LogP contribution in [0.4, 0.5) is 16.5 Å². The molecule has 0 bridgehead atoms. The van der Waals surface area contributed by atoms with Gasteiger partial charge in [0.2, 0.25) is 22.9 Å². The van der Waals surface area contributed by atoms with Gasteiger partial charge in [0.05, 0.1) is 12.5 Å². The number of ether oxygens (including phenoxy) is 1. The molecule has 1 aromatic heterocycles. The van der Waals surface area contributed by atoms with Gasteiger partial charge in [-0.25, -0.2) is 0 Å². The summed E-state index contributed by atoms with van der Waals surface area (Å²) in [4.78, 5) is 41.8. The van der Waals surface area contributed by atoms with Crippen LogP contribution < -0.4 is 19.9 Å². The minimum absolute atomic E-state index is 0.0607. The van der Waals surface area contributed by atoms with Crippen LogP contribution in [-0.2, 0) is 20.8 Å². The SMILES string of the molecule is CCOc1ccc(N2CC(C(=O)Nc3nnc(C4CC(=O)N(c5ccccc5CC)C4)s3)CC2=O)cc1. The summed E-state index contributed by atoms with van der Waals surface area (Å²) in [5.41, 5.74) is 2.81. The molecule has 0 spiro atoms. The molecule has 2 aliphatic rings. The lowest BCUT2D eigenvalue weighted by Gasteiger charge is -2.19. The van der Waals surface area contributed by atoms with Crippen LogP contribution >= 0.6 is 11.3 Å². The third-order valence-corrected chi connectivity index (χ3v) is 7.76. The van der Waals surface area contributed by atoms with Crippen molar-refractivity contribution in [3.05, 3.63) is 59.1 Å². The second kappa shape index (κ2) is 10.7. The van der Waals surface area contributed by atoms with E-state index in [0.717, 1.165) is 34.1 Å². The van der Waals surface area contributed by atoms with Crippen molar-refractivity contribution in [2.75, 3.05) is 34.8 Å². The van der Waals surface area contributed by atoms with Crippen molar-refractivity contribution in [2.45, 2.75) is 39.0 Å². The van der Waals surface area contributed by atoms with Gasteiger partial charge in [-0.05, 0) is 49.2 Å². The maximum atomic E-state index is 12.9. The first-order valence-corrected chi connectivity index (χ1v) is 13.3. The van der Waals surface area contributed by atoms with Crippen LogP contribution in [0.5, 0.6) is 5.75 Å². The topological polar surface area (TPSA) is 105 Å². The van der Waals surface area contributed by atoms with Crippen LogP contribution in [0.1, 0.15) is 43.2 Å². The quantitative estimate of drug-likeness (QED) is 0.482. The predicted molar refractivity (Wildman–Crippen MR) is 142 cm³/mol. The van der Waals surface area contributed by atoms with Crippen LogP contribution in [-0.4, -0.2) is 47.6 Å². The fraction of sp³-hybridized carbons (Fsp3) is 0.370. The van der Waals surface area contributed by atoms with E-state index in [-0.39, 0.29) is 30.1 Å². The molecule has 2 aromatic carbocycles. The van der Waals surface area contributed by atoms with E-state index in [2.05, 4.69) is 22.4 Å². The lowest BCUT2D eigenvalue weighted by Crippen LogP contribution is -2.28. The van der Waals surface area contributed by atoms with E-state index in [4.69, 9.17) is 4.74 Å². The van der Waals surface area contributed by atoms with E-state index in [1.165, 1.54) is 11.3 Å². The summed E-state index contributed by atoms with van der Waals surface area (Å²) < 4.78 is 5.46. The number of aromatic nitrogens is 2. The van der Waals surface area contributed by atoms with E-state index < -0.39 is 5.92 Å². The number of aryl methyl sites for hydroxylation is 1. The average Bonchev–Trinajstić information content (AvgIpc) is 3.63. The maximum absolute atomic E-state index is 12.9. The molecule has 0 radical (unpaired) electrons.